The summed E-state index contributed by atoms with van der Waals surface area (Å²) in [5.41, 5.74) is 0. The van der Waals surface area contributed by atoms with Crippen LogP contribution in [0.25, 0.3) is 0 Å². The third-order valence-electron chi connectivity index (χ3n) is 5.11. The monoisotopic (exact) mass is 296 g/mol. The summed E-state index contributed by atoms with van der Waals surface area (Å²) in [6, 6.07) is -0.691. The highest BCUT2D eigenvalue weighted by molar-refractivity contribution is 5.82. The lowest BCUT2D eigenvalue weighted by atomic mass is 9.84. The lowest BCUT2D eigenvalue weighted by Crippen LogP contribution is -2.53. The van der Waals surface area contributed by atoms with Crippen molar-refractivity contribution < 1.29 is 14.7 Å². The van der Waals surface area contributed by atoms with E-state index >= 15 is 0 Å². The minimum absolute atomic E-state index is 0.0833. The van der Waals surface area contributed by atoms with Gasteiger partial charge in [-0.15, -0.1) is 0 Å². The van der Waals surface area contributed by atoms with E-state index < -0.39 is 12.0 Å². The van der Waals surface area contributed by atoms with Gasteiger partial charge in [0.05, 0.1) is 0 Å². The maximum absolute atomic E-state index is 12.4. The third-order valence-corrected chi connectivity index (χ3v) is 5.11. The van der Waals surface area contributed by atoms with Crippen LogP contribution in [0.4, 0.5) is 4.79 Å². The van der Waals surface area contributed by atoms with Crippen molar-refractivity contribution in [3.05, 3.63) is 0 Å². The number of nitrogens with one attached hydrogen (secondary N) is 1. The number of hydrogen-bond donors (Lipinski definition) is 2. The fraction of sp³-hybridized carbons (Fsp3) is 0.875. The summed E-state index contributed by atoms with van der Waals surface area (Å²) in [7, 11) is 1.80. The molecule has 1 unspecified atom stereocenters. The molecule has 2 saturated carbocycles. The van der Waals surface area contributed by atoms with Crippen molar-refractivity contribution in [3.8, 4) is 0 Å². The Labute approximate surface area is 127 Å². The lowest BCUT2D eigenvalue weighted by molar-refractivity contribution is -0.141. The third kappa shape index (κ3) is 4.35. The van der Waals surface area contributed by atoms with Crippen LogP contribution in [0.3, 0.4) is 0 Å². The van der Waals surface area contributed by atoms with E-state index in [0.717, 1.165) is 51.4 Å². The van der Waals surface area contributed by atoms with Crippen LogP contribution in [0, 0.1) is 5.92 Å². The summed E-state index contributed by atoms with van der Waals surface area (Å²) in [5, 5.41) is 12.2. The highest BCUT2D eigenvalue weighted by Gasteiger charge is 2.32. The molecule has 0 aliphatic heterocycles. The molecule has 2 rings (SSSR count). The molecular weight excluding hydrogens is 268 g/mol. The molecule has 0 heterocycles. The van der Waals surface area contributed by atoms with E-state index in [1.54, 1.807) is 11.9 Å². The highest BCUT2D eigenvalue weighted by Crippen LogP contribution is 2.27. The van der Waals surface area contributed by atoms with Gasteiger partial charge >= 0.3 is 12.0 Å². The first-order valence-corrected chi connectivity index (χ1v) is 8.35. The Morgan fingerprint density at radius 1 is 1.00 bits per heavy atom. The number of rotatable bonds is 4. The van der Waals surface area contributed by atoms with Crippen molar-refractivity contribution >= 4 is 12.0 Å². The van der Waals surface area contributed by atoms with Crippen LogP contribution in [0.1, 0.15) is 64.2 Å². The van der Waals surface area contributed by atoms with E-state index in [2.05, 4.69) is 5.32 Å². The minimum atomic E-state index is -0.896. The predicted molar refractivity (Wildman–Crippen MR) is 81.2 cm³/mol. The Morgan fingerprint density at radius 3 is 2.05 bits per heavy atom. The molecule has 2 amide bonds. The van der Waals surface area contributed by atoms with E-state index in [-0.39, 0.29) is 18.0 Å². The van der Waals surface area contributed by atoms with Gasteiger partial charge in [-0.05, 0) is 31.6 Å². The second-order valence-electron chi connectivity index (χ2n) is 6.57. The Hall–Kier alpha value is -1.26. The molecule has 2 N–H and O–H groups in total. The Bertz CT molecular complexity index is 361. The molecular formula is C16H28N2O3. The van der Waals surface area contributed by atoms with Crippen molar-refractivity contribution in [1.82, 2.24) is 10.2 Å². The summed E-state index contributed by atoms with van der Waals surface area (Å²) < 4.78 is 0. The van der Waals surface area contributed by atoms with Gasteiger partial charge in [0.2, 0.25) is 0 Å². The molecule has 0 saturated heterocycles. The molecule has 2 aliphatic carbocycles. The molecule has 21 heavy (non-hydrogen) atoms. The number of carboxylic acids is 1. The first-order valence-electron chi connectivity index (χ1n) is 8.35. The molecule has 120 valence electrons. The summed E-state index contributed by atoms with van der Waals surface area (Å²) in [5.74, 6) is -0.813. The molecule has 5 heteroatoms. The Kier molecular flexibility index (Phi) is 5.88. The van der Waals surface area contributed by atoms with Gasteiger partial charge in [-0.1, -0.05) is 38.5 Å². The van der Waals surface area contributed by atoms with Crippen LogP contribution in [0.15, 0.2) is 0 Å². The van der Waals surface area contributed by atoms with Gasteiger partial charge in [-0.2, -0.15) is 0 Å². The van der Waals surface area contributed by atoms with Crippen molar-refractivity contribution in [2.75, 3.05) is 7.05 Å². The molecule has 0 aromatic rings. The Morgan fingerprint density at radius 2 is 1.52 bits per heavy atom. The lowest BCUT2D eigenvalue weighted by Gasteiger charge is -2.34. The van der Waals surface area contributed by atoms with Crippen LogP contribution in [0.5, 0.6) is 0 Å². The van der Waals surface area contributed by atoms with Gasteiger partial charge in [-0.25, -0.2) is 9.59 Å². The molecule has 5 nitrogen and oxygen atoms in total. The number of urea groups is 1. The highest BCUT2D eigenvalue weighted by atomic mass is 16.4. The van der Waals surface area contributed by atoms with Crippen molar-refractivity contribution in [2.45, 2.75) is 76.3 Å². The number of amides is 2. The number of carbonyl (C=O) groups is 2. The number of hydrogen-bond acceptors (Lipinski definition) is 2. The number of aliphatic carboxylic acids is 1. The van der Waals surface area contributed by atoms with Gasteiger partial charge < -0.3 is 15.3 Å². The maximum atomic E-state index is 12.4. The van der Waals surface area contributed by atoms with Crippen molar-refractivity contribution in [3.63, 3.8) is 0 Å². The van der Waals surface area contributed by atoms with E-state index in [0.29, 0.717) is 0 Å². The van der Waals surface area contributed by atoms with Gasteiger partial charge in [0, 0.05) is 13.1 Å². The summed E-state index contributed by atoms with van der Waals surface area (Å²) >= 11 is 0. The quantitative estimate of drug-likeness (QED) is 0.838. The summed E-state index contributed by atoms with van der Waals surface area (Å²) in [6.07, 6.45) is 10.8. The zero-order valence-electron chi connectivity index (χ0n) is 13.0. The van der Waals surface area contributed by atoms with Gasteiger partial charge in [0.1, 0.15) is 6.04 Å². The topological polar surface area (TPSA) is 69.6 Å². The fourth-order valence-corrected chi connectivity index (χ4v) is 3.72. The molecule has 0 aromatic carbocycles. The minimum Gasteiger partial charge on any atom is -0.480 e. The SMILES string of the molecule is CN(C(=O)NC(C(=O)O)C1CCCCC1)C1CCCCC1. The number of nitrogens with zero attached hydrogens (tertiary/aromatic N) is 1. The summed E-state index contributed by atoms with van der Waals surface area (Å²) in [4.78, 5) is 25.6. The first kappa shape index (κ1) is 16.1. The number of carboxylic acid groups (broad SMARTS) is 1. The average Bonchev–Trinajstić information content (AvgIpc) is 2.53. The largest absolute Gasteiger partial charge is 0.480 e. The van der Waals surface area contributed by atoms with Crippen LogP contribution in [-0.4, -0.2) is 41.1 Å². The molecule has 2 aliphatic rings. The van der Waals surface area contributed by atoms with E-state index in [1.165, 1.54) is 12.8 Å². The molecule has 0 radical (unpaired) electrons. The molecule has 0 aromatic heterocycles. The normalized spacial score (nSPS) is 22.5. The molecule has 2 fully saturated rings. The van der Waals surface area contributed by atoms with Crippen LogP contribution in [-0.2, 0) is 4.79 Å². The second kappa shape index (κ2) is 7.66. The van der Waals surface area contributed by atoms with Gasteiger partial charge in [0.25, 0.3) is 0 Å². The fourth-order valence-electron chi connectivity index (χ4n) is 3.72. The van der Waals surface area contributed by atoms with Gasteiger partial charge in [0.15, 0.2) is 0 Å². The van der Waals surface area contributed by atoms with Crippen LogP contribution < -0.4 is 5.32 Å². The van der Waals surface area contributed by atoms with E-state index in [9.17, 15) is 14.7 Å². The standard InChI is InChI=1S/C16H28N2O3/c1-18(13-10-6-3-7-11-13)16(21)17-14(15(19)20)12-8-4-2-5-9-12/h12-14H,2-11H2,1H3,(H,17,21)(H,19,20). The van der Waals surface area contributed by atoms with E-state index in [1.807, 2.05) is 0 Å². The van der Waals surface area contributed by atoms with Crippen molar-refractivity contribution in [2.24, 2.45) is 5.92 Å². The molecule has 0 bridgehead atoms. The molecule has 0 spiro atoms. The smallest absolute Gasteiger partial charge is 0.326 e. The predicted octanol–water partition coefficient (Wildman–Crippen LogP) is 2.99. The van der Waals surface area contributed by atoms with E-state index in [4.69, 9.17) is 0 Å². The molecule has 1 atom stereocenters. The number of carbonyl (C=O) groups excluding carboxylic acids is 1. The van der Waals surface area contributed by atoms with Crippen LogP contribution >= 0.6 is 0 Å². The van der Waals surface area contributed by atoms with Crippen LogP contribution in [0.2, 0.25) is 0 Å². The zero-order chi connectivity index (χ0) is 15.2. The first-order chi connectivity index (χ1) is 10.1. The average molecular weight is 296 g/mol. The maximum Gasteiger partial charge on any atom is 0.326 e. The van der Waals surface area contributed by atoms with Crippen molar-refractivity contribution in [1.29, 1.82) is 0 Å². The van der Waals surface area contributed by atoms with Gasteiger partial charge in [-0.3, -0.25) is 0 Å². The second-order valence-corrected chi connectivity index (χ2v) is 6.57. The summed E-state index contributed by atoms with van der Waals surface area (Å²) in [6.45, 7) is 0. The zero-order valence-corrected chi connectivity index (χ0v) is 13.0. The Balaban J connectivity index is 1.92.